The van der Waals surface area contributed by atoms with Gasteiger partial charge in [0.25, 0.3) is 0 Å². The minimum atomic E-state index is -1.59. The topological polar surface area (TPSA) is 0 Å². The molecule has 0 spiro atoms. The van der Waals surface area contributed by atoms with Gasteiger partial charge in [0, 0.05) is 0 Å². The maximum atomic E-state index is 2.48. The third-order valence-electron chi connectivity index (χ3n) is 1.86. The van der Waals surface area contributed by atoms with E-state index in [1.807, 2.05) is 0 Å². The normalized spacial score (nSPS) is 11.7. The predicted molar refractivity (Wildman–Crippen MR) is 58.2 cm³/mol. The first kappa shape index (κ1) is 10.1. The average molecular weight is 269 g/mol. The summed E-state index contributed by atoms with van der Waals surface area (Å²) >= 11 is -1.59. The predicted octanol–water partition coefficient (Wildman–Crippen LogP) is 3.41. The average Bonchev–Trinajstić information content (AvgIpc) is 1.91. The summed E-state index contributed by atoms with van der Waals surface area (Å²) in [5.41, 5.74) is 2.90. The second-order valence-corrected chi connectivity index (χ2v) is 20.3. The van der Waals surface area contributed by atoms with Gasteiger partial charge >= 0.3 is 79.9 Å². The van der Waals surface area contributed by atoms with Gasteiger partial charge < -0.3 is 0 Å². The van der Waals surface area contributed by atoms with Crippen LogP contribution in [0.5, 0.6) is 0 Å². The Hall–Kier alpha value is 0.0187. The van der Waals surface area contributed by atoms with Crippen LogP contribution >= 0.6 is 0 Å². The molecule has 1 rings (SSSR count). The Morgan fingerprint density at radius 3 is 1.92 bits per heavy atom. The van der Waals surface area contributed by atoms with Crippen molar-refractivity contribution in [2.45, 2.75) is 26.2 Å². The Kier molecular flexibility index (Phi) is 3.21. The monoisotopic (exact) mass is 270 g/mol. The molecule has 1 aromatic rings. The summed E-state index contributed by atoms with van der Waals surface area (Å²) < 4.78 is 1.37. The first-order chi connectivity index (χ1) is 5.47. The zero-order valence-electron chi connectivity index (χ0n) is 8.52. The summed E-state index contributed by atoms with van der Waals surface area (Å²) in [6.07, 6.45) is 0. The quantitative estimate of drug-likeness (QED) is 0.721. The molecule has 12 heavy (non-hydrogen) atoms. The fourth-order valence-electron chi connectivity index (χ4n) is 1.32. The van der Waals surface area contributed by atoms with E-state index in [1.54, 1.807) is 0 Å². The number of rotatable bonds is 2. The van der Waals surface area contributed by atoms with Crippen LogP contribution in [0.1, 0.15) is 11.1 Å². The summed E-state index contributed by atoms with van der Waals surface area (Å²) in [4.78, 5) is 7.44. The van der Waals surface area contributed by atoms with Crippen molar-refractivity contribution >= 4 is 18.4 Å². The van der Waals surface area contributed by atoms with Crippen molar-refractivity contribution in [3.05, 3.63) is 35.4 Å². The van der Waals surface area contributed by atoms with Gasteiger partial charge in [0.2, 0.25) is 0 Å². The number of hydrogen-bond donors (Lipinski definition) is 0. The SMILES string of the molecule is Cc1ccc([CH2][Sn]([CH3])([CH3])[CH3])cc1. The molecule has 0 aliphatic rings. The number of benzene rings is 1. The fraction of sp³-hybridized carbons (Fsp3) is 0.455. The van der Waals surface area contributed by atoms with Crippen molar-refractivity contribution in [2.24, 2.45) is 0 Å². The van der Waals surface area contributed by atoms with Crippen molar-refractivity contribution in [3.8, 4) is 0 Å². The first-order valence-corrected chi connectivity index (χ1v) is 15.1. The van der Waals surface area contributed by atoms with E-state index in [-0.39, 0.29) is 0 Å². The summed E-state index contributed by atoms with van der Waals surface area (Å²) in [7, 11) is 0. The number of hydrogen-bond acceptors (Lipinski definition) is 0. The molecule has 0 N–H and O–H groups in total. The second kappa shape index (κ2) is 3.82. The molecule has 66 valence electrons. The molecule has 0 nitrogen and oxygen atoms in total. The van der Waals surface area contributed by atoms with Crippen molar-refractivity contribution in [1.82, 2.24) is 0 Å². The van der Waals surface area contributed by atoms with Crippen LogP contribution in [0.15, 0.2) is 24.3 Å². The van der Waals surface area contributed by atoms with Crippen molar-refractivity contribution in [2.75, 3.05) is 0 Å². The molecule has 0 amide bonds. The summed E-state index contributed by atoms with van der Waals surface area (Å²) in [6, 6.07) is 8.98. The van der Waals surface area contributed by atoms with Crippen LogP contribution in [0.3, 0.4) is 0 Å². The van der Waals surface area contributed by atoms with Crippen LogP contribution in [-0.4, -0.2) is 18.4 Å². The van der Waals surface area contributed by atoms with Crippen LogP contribution in [0, 0.1) is 6.92 Å². The molecule has 0 fully saturated rings. The van der Waals surface area contributed by atoms with Gasteiger partial charge in [-0.1, -0.05) is 0 Å². The molecule has 1 aromatic carbocycles. The molecule has 1 heteroatoms. The molecule has 0 bridgehead atoms. The van der Waals surface area contributed by atoms with E-state index in [9.17, 15) is 0 Å². The zero-order chi connectivity index (χ0) is 9.19. The van der Waals surface area contributed by atoms with E-state index in [1.165, 1.54) is 15.6 Å². The van der Waals surface area contributed by atoms with Gasteiger partial charge in [-0.15, -0.1) is 0 Å². The molecular formula is C11H18Sn. The van der Waals surface area contributed by atoms with E-state index < -0.39 is 18.4 Å². The summed E-state index contributed by atoms with van der Waals surface area (Å²) in [5, 5.41) is 0. The van der Waals surface area contributed by atoms with Crippen LogP contribution in [0.25, 0.3) is 0 Å². The molecule has 0 aromatic heterocycles. The third kappa shape index (κ3) is 3.61. The molecule has 0 unspecified atom stereocenters. The molecule has 0 heterocycles. The van der Waals surface area contributed by atoms with E-state index in [0.717, 1.165) is 0 Å². The molecular weight excluding hydrogens is 251 g/mol. The Labute approximate surface area is 79.9 Å². The van der Waals surface area contributed by atoms with Crippen molar-refractivity contribution < 1.29 is 0 Å². The van der Waals surface area contributed by atoms with Gasteiger partial charge in [0.1, 0.15) is 0 Å². The minimum absolute atomic E-state index is 1.36. The maximum absolute atomic E-state index is 2.48. The standard InChI is InChI=1S/C8H9.3CH3.Sn/c1-7-3-5-8(2)6-4-7;;;;/h3-6H,1H2,2H3;3*1H3;. The summed E-state index contributed by atoms with van der Waals surface area (Å²) in [6.45, 7) is 2.14. The van der Waals surface area contributed by atoms with Gasteiger partial charge in [-0.05, 0) is 0 Å². The zero-order valence-corrected chi connectivity index (χ0v) is 11.4. The Morgan fingerprint density at radius 2 is 1.50 bits per heavy atom. The molecule has 0 radical (unpaired) electrons. The van der Waals surface area contributed by atoms with Crippen LogP contribution in [-0.2, 0) is 4.44 Å². The number of aryl methyl sites for hydroxylation is 1. The van der Waals surface area contributed by atoms with Gasteiger partial charge in [0.05, 0.1) is 0 Å². The van der Waals surface area contributed by atoms with Crippen molar-refractivity contribution in [1.29, 1.82) is 0 Å². The summed E-state index contributed by atoms with van der Waals surface area (Å²) in [5.74, 6) is 0. The van der Waals surface area contributed by atoms with Gasteiger partial charge in [-0.2, -0.15) is 0 Å². The van der Waals surface area contributed by atoms with Crippen LogP contribution in [0.4, 0.5) is 0 Å². The second-order valence-electron chi connectivity index (χ2n) is 4.72. The van der Waals surface area contributed by atoms with Gasteiger partial charge in [0.15, 0.2) is 0 Å². The molecule has 0 saturated heterocycles. The van der Waals surface area contributed by atoms with E-state index in [4.69, 9.17) is 0 Å². The van der Waals surface area contributed by atoms with E-state index >= 15 is 0 Å². The Balaban J connectivity index is 2.71. The molecule has 0 saturated carbocycles. The van der Waals surface area contributed by atoms with E-state index in [2.05, 4.69) is 46.0 Å². The first-order valence-electron chi connectivity index (χ1n) is 4.53. The molecule has 0 aliphatic heterocycles. The van der Waals surface area contributed by atoms with E-state index in [0.29, 0.717) is 0 Å². The van der Waals surface area contributed by atoms with Crippen LogP contribution in [0.2, 0.25) is 14.8 Å². The fourth-order valence-corrected chi connectivity index (χ4v) is 5.49. The Bertz CT molecular complexity index is 241. The van der Waals surface area contributed by atoms with Crippen molar-refractivity contribution in [3.63, 3.8) is 0 Å². The third-order valence-corrected chi connectivity index (χ3v) is 6.05. The van der Waals surface area contributed by atoms with Gasteiger partial charge in [-0.25, -0.2) is 0 Å². The molecule has 0 atom stereocenters. The Morgan fingerprint density at radius 1 is 1.00 bits per heavy atom. The van der Waals surface area contributed by atoms with Crippen LogP contribution < -0.4 is 0 Å². The molecule has 0 aliphatic carbocycles. The van der Waals surface area contributed by atoms with Gasteiger partial charge in [-0.3, -0.25) is 0 Å².